The van der Waals surface area contributed by atoms with Crippen LogP contribution in [0.1, 0.15) is 6.42 Å². The van der Waals surface area contributed by atoms with Gasteiger partial charge in [-0.2, -0.15) is 5.10 Å². The van der Waals surface area contributed by atoms with E-state index < -0.39 is 10.8 Å². The highest BCUT2D eigenvalue weighted by molar-refractivity contribution is 7.84. The molecule has 0 spiro atoms. The van der Waals surface area contributed by atoms with Crippen LogP contribution in [0.3, 0.4) is 0 Å². The molecule has 1 atom stereocenters. The van der Waals surface area contributed by atoms with Crippen molar-refractivity contribution in [2.75, 3.05) is 31.4 Å². The van der Waals surface area contributed by atoms with Gasteiger partial charge in [-0.1, -0.05) is 0 Å². The molecule has 1 unspecified atom stereocenters. The summed E-state index contributed by atoms with van der Waals surface area (Å²) in [4.78, 5) is 0. The summed E-state index contributed by atoms with van der Waals surface area (Å²) in [6.07, 6.45) is 2.31. The molecule has 0 aliphatic rings. The number of nitrogen functional groups attached to an aromatic ring is 2. The van der Waals surface area contributed by atoms with E-state index in [0.717, 1.165) is 6.42 Å². The molecule has 1 heterocycles. The molecule has 0 saturated heterocycles. The average molecular weight is 232 g/mol. The molecule has 0 fully saturated rings. The number of hydrogen-bond acceptors (Lipinski definition) is 5. The average Bonchev–Trinajstić information content (AvgIpc) is 2.46. The van der Waals surface area contributed by atoms with E-state index in [9.17, 15) is 4.21 Å². The highest BCUT2D eigenvalue weighted by Crippen LogP contribution is 2.21. The minimum atomic E-state index is -1.21. The zero-order chi connectivity index (χ0) is 11.4. The van der Waals surface area contributed by atoms with Crippen LogP contribution in [-0.4, -0.2) is 34.0 Å². The van der Waals surface area contributed by atoms with Gasteiger partial charge in [0.1, 0.15) is 11.5 Å². The molecule has 7 heteroatoms. The molecular formula is C8H16N4O2S. The van der Waals surface area contributed by atoms with Crippen molar-refractivity contribution in [1.29, 1.82) is 0 Å². The van der Waals surface area contributed by atoms with Gasteiger partial charge in [0.25, 0.3) is 0 Å². The number of nitrogens with two attached hydrogens (primary N) is 2. The maximum atomic E-state index is 11.2. The Labute approximate surface area is 91.0 Å². The molecule has 0 bridgehead atoms. The summed E-state index contributed by atoms with van der Waals surface area (Å²) in [7, 11) is 0.427. The largest absolute Gasteiger partial charge is 0.393 e. The molecule has 4 N–H and O–H groups in total. The molecule has 0 aliphatic carbocycles. The van der Waals surface area contributed by atoms with Gasteiger partial charge in [0, 0.05) is 26.5 Å². The topological polar surface area (TPSA) is 96.2 Å². The van der Waals surface area contributed by atoms with Gasteiger partial charge in [-0.25, -0.2) is 4.68 Å². The Morgan fingerprint density at radius 2 is 2.20 bits per heavy atom. The lowest BCUT2D eigenvalue weighted by Gasteiger charge is -2.02. The number of aryl methyl sites for hydroxylation is 1. The quantitative estimate of drug-likeness (QED) is 0.687. The standard InChI is InChI=1S/C8H16N4O2S/c1-14-5-3-4-12-7(10)6(9)8(11-12)15(2)13/h3-5,9-10H2,1-2H3. The van der Waals surface area contributed by atoms with Crippen LogP contribution in [0.2, 0.25) is 0 Å². The second-order valence-corrected chi connectivity index (χ2v) is 4.42. The molecule has 15 heavy (non-hydrogen) atoms. The van der Waals surface area contributed by atoms with Crippen LogP contribution in [0.25, 0.3) is 0 Å². The van der Waals surface area contributed by atoms with Crippen molar-refractivity contribution < 1.29 is 8.95 Å². The second-order valence-electron chi connectivity index (χ2n) is 3.13. The van der Waals surface area contributed by atoms with Crippen LogP contribution in [0, 0.1) is 0 Å². The van der Waals surface area contributed by atoms with Crippen molar-refractivity contribution in [3.8, 4) is 0 Å². The number of ether oxygens (including phenoxy) is 1. The van der Waals surface area contributed by atoms with Gasteiger partial charge in [0.05, 0.1) is 10.8 Å². The van der Waals surface area contributed by atoms with Crippen molar-refractivity contribution in [2.24, 2.45) is 0 Å². The fourth-order valence-corrected chi connectivity index (χ4v) is 1.84. The Morgan fingerprint density at radius 1 is 1.53 bits per heavy atom. The van der Waals surface area contributed by atoms with Crippen LogP contribution in [0.4, 0.5) is 11.5 Å². The lowest BCUT2D eigenvalue weighted by molar-refractivity contribution is 0.189. The zero-order valence-electron chi connectivity index (χ0n) is 8.90. The van der Waals surface area contributed by atoms with E-state index in [0.29, 0.717) is 29.7 Å². The summed E-state index contributed by atoms with van der Waals surface area (Å²) in [5.74, 6) is 0.372. The van der Waals surface area contributed by atoms with Crippen molar-refractivity contribution in [2.45, 2.75) is 18.0 Å². The first-order valence-corrected chi connectivity index (χ1v) is 6.07. The van der Waals surface area contributed by atoms with Crippen LogP contribution < -0.4 is 11.5 Å². The Hall–Kier alpha value is -1.08. The van der Waals surface area contributed by atoms with E-state index in [1.165, 1.54) is 6.26 Å². The molecule has 0 aliphatic heterocycles. The van der Waals surface area contributed by atoms with Crippen molar-refractivity contribution in [3.05, 3.63) is 0 Å². The fraction of sp³-hybridized carbons (Fsp3) is 0.625. The lowest BCUT2D eigenvalue weighted by atomic mass is 10.4. The maximum absolute atomic E-state index is 11.2. The third kappa shape index (κ3) is 2.69. The van der Waals surface area contributed by atoms with Crippen LogP contribution in [-0.2, 0) is 22.1 Å². The first-order chi connectivity index (χ1) is 7.07. The number of methoxy groups -OCH3 is 1. The van der Waals surface area contributed by atoms with E-state index in [-0.39, 0.29) is 0 Å². The van der Waals surface area contributed by atoms with Gasteiger partial charge in [-0.05, 0) is 6.42 Å². The molecule has 0 saturated carbocycles. The third-order valence-electron chi connectivity index (χ3n) is 1.99. The molecule has 1 rings (SSSR count). The Balaban J connectivity index is 2.81. The van der Waals surface area contributed by atoms with E-state index >= 15 is 0 Å². The highest BCUT2D eigenvalue weighted by Gasteiger charge is 2.14. The highest BCUT2D eigenvalue weighted by atomic mass is 32.2. The smallest absolute Gasteiger partial charge is 0.174 e. The first kappa shape index (κ1) is 12.0. The van der Waals surface area contributed by atoms with Gasteiger partial charge in [-0.15, -0.1) is 0 Å². The van der Waals surface area contributed by atoms with Crippen LogP contribution in [0.15, 0.2) is 5.03 Å². The third-order valence-corrected chi connectivity index (χ3v) is 2.83. The monoisotopic (exact) mass is 232 g/mol. The Morgan fingerprint density at radius 3 is 2.67 bits per heavy atom. The van der Waals surface area contributed by atoms with Crippen molar-refractivity contribution in [3.63, 3.8) is 0 Å². The zero-order valence-corrected chi connectivity index (χ0v) is 9.71. The second kappa shape index (κ2) is 5.13. The van der Waals surface area contributed by atoms with Gasteiger partial charge in [0.15, 0.2) is 5.03 Å². The predicted octanol–water partition coefficient (Wildman–Crippen LogP) is -0.179. The fourth-order valence-electron chi connectivity index (χ4n) is 1.21. The first-order valence-electron chi connectivity index (χ1n) is 4.52. The minimum absolute atomic E-state index is 0.313. The van der Waals surface area contributed by atoms with Gasteiger partial charge >= 0.3 is 0 Å². The SMILES string of the molecule is COCCCn1nc(S(C)=O)c(N)c1N. The van der Waals surface area contributed by atoms with Crippen molar-refractivity contribution >= 4 is 22.3 Å². The van der Waals surface area contributed by atoms with Gasteiger partial charge in [0.2, 0.25) is 0 Å². The van der Waals surface area contributed by atoms with E-state index in [2.05, 4.69) is 5.10 Å². The number of aromatic nitrogens is 2. The summed E-state index contributed by atoms with van der Waals surface area (Å²) in [5, 5.41) is 4.44. The van der Waals surface area contributed by atoms with E-state index in [1.54, 1.807) is 11.8 Å². The molecule has 0 aromatic carbocycles. The summed E-state index contributed by atoms with van der Waals surface area (Å²) < 4.78 is 17.7. The Kier molecular flexibility index (Phi) is 4.10. The molecule has 86 valence electrons. The summed E-state index contributed by atoms with van der Waals surface area (Å²) in [5.41, 5.74) is 11.7. The van der Waals surface area contributed by atoms with Crippen molar-refractivity contribution in [1.82, 2.24) is 9.78 Å². The van der Waals surface area contributed by atoms with E-state index in [4.69, 9.17) is 16.2 Å². The molecule has 1 aromatic rings. The molecular weight excluding hydrogens is 216 g/mol. The summed E-state index contributed by atoms with van der Waals surface area (Å²) >= 11 is 0. The minimum Gasteiger partial charge on any atom is -0.393 e. The predicted molar refractivity (Wildman–Crippen MR) is 59.9 cm³/mol. The van der Waals surface area contributed by atoms with E-state index in [1.807, 2.05) is 0 Å². The normalized spacial score (nSPS) is 12.9. The molecule has 0 radical (unpaired) electrons. The van der Waals surface area contributed by atoms with Gasteiger partial charge < -0.3 is 16.2 Å². The summed E-state index contributed by atoms with van der Waals surface area (Å²) in [6.45, 7) is 1.24. The van der Waals surface area contributed by atoms with Gasteiger partial charge in [-0.3, -0.25) is 4.21 Å². The maximum Gasteiger partial charge on any atom is 0.174 e. The number of nitrogens with zero attached hydrogens (tertiary/aromatic N) is 2. The Bertz CT molecular complexity index is 364. The molecule has 0 amide bonds. The molecule has 1 aromatic heterocycles. The number of anilines is 2. The molecule has 6 nitrogen and oxygen atoms in total. The van der Waals surface area contributed by atoms with Crippen LogP contribution in [0.5, 0.6) is 0 Å². The lowest BCUT2D eigenvalue weighted by Crippen LogP contribution is -2.07. The number of hydrogen-bond donors (Lipinski definition) is 2. The van der Waals surface area contributed by atoms with Crippen LogP contribution >= 0.6 is 0 Å². The number of rotatable bonds is 5. The summed E-state index contributed by atoms with van der Waals surface area (Å²) in [6, 6.07) is 0.